The fourth-order valence-corrected chi connectivity index (χ4v) is 3.38. The first-order valence-corrected chi connectivity index (χ1v) is 7.80. The third-order valence-electron chi connectivity index (χ3n) is 4.48. The van der Waals surface area contributed by atoms with Crippen molar-refractivity contribution in [1.82, 2.24) is 4.90 Å². The molecule has 0 aliphatic heterocycles. The number of nitrogens with two attached hydrogens (primary N) is 1. The van der Waals surface area contributed by atoms with Crippen LogP contribution in [0.4, 0.5) is 5.69 Å². The van der Waals surface area contributed by atoms with E-state index in [1.165, 1.54) is 16.7 Å². The van der Waals surface area contributed by atoms with Gasteiger partial charge in [-0.3, -0.25) is 4.90 Å². The Balaban J connectivity index is 1.77. The van der Waals surface area contributed by atoms with E-state index in [1.807, 2.05) is 6.07 Å². The number of hydrogen-bond acceptors (Lipinski definition) is 2. The number of fused-ring (bicyclic) bond motifs is 1. The van der Waals surface area contributed by atoms with Crippen molar-refractivity contribution < 1.29 is 0 Å². The highest BCUT2D eigenvalue weighted by Crippen LogP contribution is 2.29. The van der Waals surface area contributed by atoms with E-state index < -0.39 is 0 Å². The molecule has 0 saturated heterocycles. The SMILES string of the molecule is CC(C)N(Cc1ccccc1)C1Cc2ccc(N)cc2C1. The second-order valence-corrected chi connectivity index (χ2v) is 6.34. The van der Waals surface area contributed by atoms with E-state index in [9.17, 15) is 0 Å². The van der Waals surface area contributed by atoms with Crippen LogP contribution in [-0.2, 0) is 19.4 Å². The van der Waals surface area contributed by atoms with E-state index in [2.05, 4.69) is 61.2 Å². The largest absolute Gasteiger partial charge is 0.399 e. The van der Waals surface area contributed by atoms with Crippen LogP contribution >= 0.6 is 0 Å². The van der Waals surface area contributed by atoms with Crippen LogP contribution in [0.3, 0.4) is 0 Å². The number of nitrogens with zero attached hydrogens (tertiary/aromatic N) is 1. The minimum absolute atomic E-state index is 0.543. The third-order valence-corrected chi connectivity index (χ3v) is 4.48. The molecule has 1 unspecified atom stereocenters. The molecule has 0 radical (unpaired) electrons. The first kappa shape index (κ1) is 14.2. The van der Waals surface area contributed by atoms with Crippen molar-refractivity contribution in [3.8, 4) is 0 Å². The van der Waals surface area contributed by atoms with Gasteiger partial charge in [0.1, 0.15) is 0 Å². The Kier molecular flexibility index (Phi) is 3.98. The van der Waals surface area contributed by atoms with Gasteiger partial charge in [0.05, 0.1) is 0 Å². The molecule has 1 aliphatic carbocycles. The summed E-state index contributed by atoms with van der Waals surface area (Å²) in [6.45, 7) is 5.60. The lowest BCUT2D eigenvalue weighted by atomic mass is 10.1. The summed E-state index contributed by atoms with van der Waals surface area (Å²) in [5.74, 6) is 0. The molecular weight excluding hydrogens is 256 g/mol. The monoisotopic (exact) mass is 280 g/mol. The fourth-order valence-electron chi connectivity index (χ4n) is 3.38. The van der Waals surface area contributed by atoms with Crippen molar-refractivity contribution in [3.63, 3.8) is 0 Å². The molecule has 21 heavy (non-hydrogen) atoms. The van der Waals surface area contributed by atoms with Gasteiger partial charge in [0.15, 0.2) is 0 Å². The molecule has 2 nitrogen and oxygen atoms in total. The van der Waals surface area contributed by atoms with Crippen LogP contribution in [0.15, 0.2) is 48.5 Å². The van der Waals surface area contributed by atoms with Gasteiger partial charge in [-0.15, -0.1) is 0 Å². The van der Waals surface area contributed by atoms with Crippen LogP contribution in [0.5, 0.6) is 0 Å². The van der Waals surface area contributed by atoms with E-state index in [-0.39, 0.29) is 0 Å². The Bertz CT molecular complexity index is 604. The summed E-state index contributed by atoms with van der Waals surface area (Å²) in [6.07, 6.45) is 2.26. The summed E-state index contributed by atoms with van der Waals surface area (Å²) in [5, 5.41) is 0. The number of rotatable bonds is 4. The van der Waals surface area contributed by atoms with Gasteiger partial charge in [-0.1, -0.05) is 36.4 Å². The van der Waals surface area contributed by atoms with Gasteiger partial charge in [-0.2, -0.15) is 0 Å². The van der Waals surface area contributed by atoms with Gasteiger partial charge in [0, 0.05) is 24.3 Å². The summed E-state index contributed by atoms with van der Waals surface area (Å²) < 4.78 is 0. The van der Waals surface area contributed by atoms with Crippen LogP contribution in [0.2, 0.25) is 0 Å². The first-order valence-electron chi connectivity index (χ1n) is 7.80. The summed E-state index contributed by atoms with van der Waals surface area (Å²) in [7, 11) is 0. The van der Waals surface area contributed by atoms with Crippen LogP contribution < -0.4 is 5.73 Å². The molecule has 0 aromatic heterocycles. The molecule has 2 aromatic carbocycles. The zero-order valence-corrected chi connectivity index (χ0v) is 12.9. The summed E-state index contributed by atoms with van der Waals surface area (Å²) >= 11 is 0. The quantitative estimate of drug-likeness (QED) is 0.866. The van der Waals surface area contributed by atoms with E-state index in [1.54, 1.807) is 0 Å². The predicted octanol–water partition coefficient (Wildman–Crippen LogP) is 3.65. The predicted molar refractivity (Wildman–Crippen MR) is 89.2 cm³/mol. The van der Waals surface area contributed by atoms with Gasteiger partial charge in [0.2, 0.25) is 0 Å². The van der Waals surface area contributed by atoms with Crippen molar-refractivity contribution in [2.75, 3.05) is 5.73 Å². The van der Waals surface area contributed by atoms with E-state index in [4.69, 9.17) is 5.73 Å². The van der Waals surface area contributed by atoms with Crippen molar-refractivity contribution in [1.29, 1.82) is 0 Å². The minimum atomic E-state index is 0.543. The smallest absolute Gasteiger partial charge is 0.0316 e. The number of nitrogen functional groups attached to an aromatic ring is 1. The summed E-state index contributed by atoms with van der Waals surface area (Å²) in [5.41, 5.74) is 11.1. The molecule has 0 spiro atoms. The van der Waals surface area contributed by atoms with E-state index in [0.717, 1.165) is 25.1 Å². The number of anilines is 1. The zero-order valence-electron chi connectivity index (χ0n) is 12.9. The van der Waals surface area contributed by atoms with Crippen LogP contribution in [0.25, 0.3) is 0 Å². The molecule has 1 atom stereocenters. The molecule has 2 aromatic rings. The van der Waals surface area contributed by atoms with Gasteiger partial charge in [-0.25, -0.2) is 0 Å². The second kappa shape index (κ2) is 5.90. The third kappa shape index (κ3) is 3.11. The Morgan fingerprint density at radius 1 is 1.05 bits per heavy atom. The Morgan fingerprint density at radius 3 is 2.48 bits per heavy atom. The number of benzene rings is 2. The van der Waals surface area contributed by atoms with Crippen molar-refractivity contribution >= 4 is 5.69 Å². The summed E-state index contributed by atoms with van der Waals surface area (Å²) in [4.78, 5) is 2.62. The van der Waals surface area contributed by atoms with E-state index >= 15 is 0 Å². The van der Waals surface area contributed by atoms with Gasteiger partial charge >= 0.3 is 0 Å². The lowest BCUT2D eigenvalue weighted by molar-refractivity contribution is 0.148. The fraction of sp³-hybridized carbons (Fsp3) is 0.368. The van der Waals surface area contributed by atoms with Crippen molar-refractivity contribution in [3.05, 3.63) is 65.2 Å². The maximum atomic E-state index is 5.92. The Morgan fingerprint density at radius 2 is 1.76 bits per heavy atom. The average molecular weight is 280 g/mol. The molecule has 0 heterocycles. The maximum Gasteiger partial charge on any atom is 0.0316 e. The molecule has 110 valence electrons. The van der Waals surface area contributed by atoms with Crippen LogP contribution in [0.1, 0.15) is 30.5 Å². The molecule has 2 N–H and O–H groups in total. The van der Waals surface area contributed by atoms with Crippen LogP contribution in [-0.4, -0.2) is 17.0 Å². The Labute approximate surface area is 127 Å². The Hall–Kier alpha value is -1.80. The molecule has 0 bridgehead atoms. The highest BCUT2D eigenvalue weighted by Gasteiger charge is 2.28. The lowest BCUT2D eigenvalue weighted by Crippen LogP contribution is -2.40. The molecule has 1 aliphatic rings. The van der Waals surface area contributed by atoms with Crippen molar-refractivity contribution in [2.45, 2.75) is 45.3 Å². The second-order valence-electron chi connectivity index (χ2n) is 6.34. The lowest BCUT2D eigenvalue weighted by Gasteiger charge is -2.32. The molecule has 0 amide bonds. The topological polar surface area (TPSA) is 29.3 Å². The van der Waals surface area contributed by atoms with E-state index in [0.29, 0.717) is 12.1 Å². The molecule has 0 saturated carbocycles. The molecule has 3 rings (SSSR count). The van der Waals surface area contributed by atoms with Gasteiger partial charge in [-0.05, 0) is 55.5 Å². The normalized spacial score (nSPS) is 17.4. The standard InChI is InChI=1S/C19H24N2/c1-14(2)21(13-15-6-4-3-5-7-15)19-11-16-8-9-18(20)10-17(16)12-19/h3-10,14,19H,11-13,20H2,1-2H3. The molecule has 2 heteroatoms. The molecule has 0 fully saturated rings. The highest BCUT2D eigenvalue weighted by molar-refractivity contribution is 5.47. The average Bonchev–Trinajstić information content (AvgIpc) is 2.88. The van der Waals surface area contributed by atoms with Crippen LogP contribution in [0, 0.1) is 0 Å². The van der Waals surface area contributed by atoms with Gasteiger partial charge in [0.25, 0.3) is 0 Å². The van der Waals surface area contributed by atoms with Crippen molar-refractivity contribution in [2.24, 2.45) is 0 Å². The number of hydrogen-bond donors (Lipinski definition) is 1. The summed E-state index contributed by atoms with van der Waals surface area (Å²) in [6, 6.07) is 18.3. The minimum Gasteiger partial charge on any atom is -0.399 e. The van der Waals surface area contributed by atoms with Gasteiger partial charge < -0.3 is 5.73 Å². The zero-order chi connectivity index (χ0) is 14.8. The highest BCUT2D eigenvalue weighted by atomic mass is 15.2. The maximum absolute atomic E-state index is 5.92. The molecular formula is C19H24N2. The first-order chi connectivity index (χ1) is 10.1.